The van der Waals surface area contributed by atoms with E-state index >= 15 is 0 Å². The van der Waals surface area contributed by atoms with E-state index in [4.69, 9.17) is 11.6 Å². The van der Waals surface area contributed by atoms with Crippen LogP contribution in [-0.4, -0.2) is 5.78 Å². The van der Waals surface area contributed by atoms with Crippen LogP contribution in [0.4, 0.5) is 0 Å². The molecule has 23 heavy (non-hydrogen) atoms. The zero-order valence-electron chi connectivity index (χ0n) is 13.5. The lowest BCUT2D eigenvalue weighted by Gasteiger charge is -2.18. The first-order valence-corrected chi connectivity index (χ1v) is 7.95. The van der Waals surface area contributed by atoms with E-state index in [1.165, 1.54) is 16.7 Å². The summed E-state index contributed by atoms with van der Waals surface area (Å²) >= 11 is 5.91. The Labute approximate surface area is 142 Å². The maximum absolute atomic E-state index is 12.0. The van der Waals surface area contributed by atoms with Crippen molar-refractivity contribution >= 4 is 23.0 Å². The fourth-order valence-electron chi connectivity index (χ4n) is 2.97. The van der Waals surface area contributed by atoms with Crippen molar-refractivity contribution in [2.24, 2.45) is 0 Å². The predicted octanol–water partition coefficient (Wildman–Crippen LogP) is 5.04. The summed E-state index contributed by atoms with van der Waals surface area (Å²) in [7, 11) is 0. The molecular weight excluding hydrogens is 304 g/mol. The molecule has 1 nitrogen and oxygen atoms in total. The van der Waals surface area contributed by atoms with Crippen LogP contribution in [0.2, 0.25) is 5.02 Å². The first-order chi connectivity index (χ1) is 11.0. The summed E-state index contributed by atoms with van der Waals surface area (Å²) in [5.74, 6) is 6.61. The molecule has 0 aromatic heterocycles. The Bertz CT molecular complexity index is 867. The van der Waals surface area contributed by atoms with Gasteiger partial charge in [-0.25, -0.2) is 0 Å². The molecule has 0 radical (unpaired) electrons. The molecule has 1 aliphatic rings. The Morgan fingerprint density at radius 2 is 1.57 bits per heavy atom. The molecule has 2 aromatic carbocycles. The number of carbonyl (C=O) groups excluding carboxylic acids is 1. The van der Waals surface area contributed by atoms with Gasteiger partial charge in [0.05, 0.1) is 0 Å². The van der Waals surface area contributed by atoms with Crippen LogP contribution in [0.5, 0.6) is 0 Å². The number of allylic oxidation sites excluding steroid dienone is 2. The molecule has 2 aromatic rings. The number of rotatable bonds is 1. The average molecular weight is 321 g/mol. The lowest BCUT2D eigenvalue weighted by Crippen LogP contribution is -2.16. The summed E-state index contributed by atoms with van der Waals surface area (Å²) in [4.78, 5) is 12.0. The Morgan fingerprint density at radius 1 is 0.957 bits per heavy atom. The average Bonchev–Trinajstić information content (AvgIpc) is 2.47. The fourth-order valence-corrected chi connectivity index (χ4v) is 3.10. The van der Waals surface area contributed by atoms with Crippen molar-refractivity contribution in [3.8, 4) is 11.8 Å². The molecule has 3 rings (SSSR count). The quantitative estimate of drug-likeness (QED) is 0.672. The Kier molecular flexibility index (Phi) is 4.11. The lowest BCUT2D eigenvalue weighted by molar-refractivity contribution is -0.114. The maximum Gasteiger partial charge on any atom is 0.169 e. The van der Waals surface area contributed by atoms with Crippen molar-refractivity contribution in [2.75, 3.05) is 0 Å². The van der Waals surface area contributed by atoms with E-state index < -0.39 is 0 Å². The molecule has 0 spiro atoms. The smallest absolute Gasteiger partial charge is 0.169 e. The van der Waals surface area contributed by atoms with Crippen molar-refractivity contribution in [1.82, 2.24) is 0 Å². The topological polar surface area (TPSA) is 17.1 Å². The van der Waals surface area contributed by atoms with E-state index in [9.17, 15) is 4.79 Å². The zero-order chi connectivity index (χ0) is 16.6. The standard InChI is InChI=1S/C21H17ClO/c1-13-10-14(2)19(15(3)11-13)9-6-17-12-20(23)21(17)16-4-7-18(22)8-5-16/h4-5,7-8,10-11H,12H2,1-3H3. The van der Waals surface area contributed by atoms with Gasteiger partial charge in [0.15, 0.2) is 5.78 Å². The van der Waals surface area contributed by atoms with Crippen molar-refractivity contribution in [2.45, 2.75) is 27.2 Å². The SMILES string of the molecule is Cc1cc(C)c(C#CC2=C(c3ccc(Cl)cc3)C(=O)C2)c(C)c1. The molecule has 0 aliphatic heterocycles. The lowest BCUT2D eigenvalue weighted by atomic mass is 9.82. The molecule has 0 saturated carbocycles. The highest BCUT2D eigenvalue weighted by Gasteiger charge is 2.27. The first-order valence-electron chi connectivity index (χ1n) is 7.58. The van der Waals surface area contributed by atoms with E-state index in [0.717, 1.165) is 22.3 Å². The van der Waals surface area contributed by atoms with Gasteiger partial charge in [0.25, 0.3) is 0 Å². The van der Waals surface area contributed by atoms with Crippen molar-refractivity contribution in [3.63, 3.8) is 0 Å². The normalized spacial score (nSPS) is 13.5. The number of carbonyl (C=O) groups is 1. The van der Waals surface area contributed by atoms with Gasteiger partial charge in [0, 0.05) is 28.2 Å². The van der Waals surface area contributed by atoms with Crippen LogP contribution >= 0.6 is 11.6 Å². The molecule has 0 N–H and O–H groups in total. The molecule has 2 heteroatoms. The molecule has 0 bridgehead atoms. The second-order valence-corrected chi connectivity index (χ2v) is 6.42. The van der Waals surface area contributed by atoms with Crippen LogP contribution in [-0.2, 0) is 4.79 Å². The van der Waals surface area contributed by atoms with Crippen molar-refractivity contribution < 1.29 is 4.79 Å². The number of halogens is 1. The minimum atomic E-state index is 0.147. The number of hydrogen-bond donors (Lipinski definition) is 0. The Balaban J connectivity index is 2.01. The van der Waals surface area contributed by atoms with Gasteiger partial charge in [-0.2, -0.15) is 0 Å². The molecule has 1 aliphatic carbocycles. The summed E-state index contributed by atoms with van der Waals surface area (Å²) in [6.45, 7) is 6.23. The van der Waals surface area contributed by atoms with Crippen LogP contribution in [0.25, 0.3) is 5.57 Å². The second kappa shape index (κ2) is 6.07. The molecule has 0 atom stereocenters. The van der Waals surface area contributed by atoms with Gasteiger partial charge in [0.1, 0.15) is 0 Å². The predicted molar refractivity (Wildman–Crippen MR) is 95.5 cm³/mol. The largest absolute Gasteiger partial charge is 0.294 e. The van der Waals surface area contributed by atoms with Crippen LogP contribution in [0.1, 0.15) is 34.2 Å². The van der Waals surface area contributed by atoms with E-state index in [0.29, 0.717) is 11.4 Å². The third-order valence-electron chi connectivity index (χ3n) is 4.07. The van der Waals surface area contributed by atoms with Crippen LogP contribution in [0, 0.1) is 32.6 Å². The summed E-state index contributed by atoms with van der Waals surface area (Å²) in [5.41, 5.74) is 7.19. The van der Waals surface area contributed by atoms with Gasteiger partial charge in [-0.15, -0.1) is 0 Å². The number of Topliss-reactive ketones (excluding diaryl/α,β-unsaturated/α-hetero) is 1. The second-order valence-electron chi connectivity index (χ2n) is 5.98. The van der Waals surface area contributed by atoms with E-state index in [1.807, 2.05) is 12.1 Å². The van der Waals surface area contributed by atoms with Crippen molar-refractivity contribution in [3.05, 3.63) is 74.8 Å². The highest BCUT2D eigenvalue weighted by Crippen LogP contribution is 2.33. The molecule has 0 fully saturated rings. The monoisotopic (exact) mass is 320 g/mol. The highest BCUT2D eigenvalue weighted by atomic mass is 35.5. The van der Waals surface area contributed by atoms with E-state index in [2.05, 4.69) is 44.7 Å². The van der Waals surface area contributed by atoms with Gasteiger partial charge in [-0.1, -0.05) is 53.3 Å². The Hall–Kier alpha value is -2.30. The van der Waals surface area contributed by atoms with Gasteiger partial charge in [-0.05, 0) is 49.6 Å². The minimum absolute atomic E-state index is 0.147. The summed E-state index contributed by atoms with van der Waals surface area (Å²) in [6.07, 6.45) is 0.426. The number of benzene rings is 2. The van der Waals surface area contributed by atoms with Crippen LogP contribution in [0.3, 0.4) is 0 Å². The highest BCUT2D eigenvalue weighted by molar-refractivity contribution is 6.32. The molecule has 0 saturated heterocycles. The summed E-state index contributed by atoms with van der Waals surface area (Å²) in [5, 5.41) is 0.666. The van der Waals surface area contributed by atoms with Crippen LogP contribution < -0.4 is 0 Å². The number of aryl methyl sites for hydroxylation is 3. The molecule has 114 valence electrons. The summed E-state index contributed by atoms with van der Waals surface area (Å²) < 4.78 is 0. The summed E-state index contributed by atoms with van der Waals surface area (Å²) in [6, 6.07) is 11.6. The van der Waals surface area contributed by atoms with E-state index in [1.54, 1.807) is 12.1 Å². The molecule has 0 heterocycles. The van der Waals surface area contributed by atoms with E-state index in [-0.39, 0.29) is 5.78 Å². The molecule has 0 amide bonds. The Morgan fingerprint density at radius 3 is 2.13 bits per heavy atom. The van der Waals surface area contributed by atoms with Gasteiger partial charge in [-0.3, -0.25) is 4.79 Å². The minimum Gasteiger partial charge on any atom is -0.294 e. The molecular formula is C21H17ClO. The van der Waals surface area contributed by atoms with Gasteiger partial charge < -0.3 is 0 Å². The number of ketones is 1. The number of hydrogen-bond acceptors (Lipinski definition) is 1. The van der Waals surface area contributed by atoms with Crippen molar-refractivity contribution in [1.29, 1.82) is 0 Å². The third-order valence-corrected chi connectivity index (χ3v) is 4.32. The maximum atomic E-state index is 12.0. The van der Waals surface area contributed by atoms with Crippen LogP contribution in [0.15, 0.2) is 42.0 Å². The van der Waals surface area contributed by atoms with Gasteiger partial charge in [0.2, 0.25) is 0 Å². The first kappa shape index (κ1) is 15.6. The third kappa shape index (κ3) is 3.09. The fraction of sp³-hybridized carbons (Fsp3) is 0.190. The zero-order valence-corrected chi connectivity index (χ0v) is 14.2. The molecule has 0 unspecified atom stereocenters. The van der Waals surface area contributed by atoms with Gasteiger partial charge >= 0.3 is 0 Å².